The molecular weight excluding hydrogens is 252 g/mol. The van der Waals surface area contributed by atoms with E-state index >= 15 is 0 Å². The largest absolute Gasteiger partial charge is 0.483 e. The lowest BCUT2D eigenvalue weighted by Gasteiger charge is -2.08. The molecule has 0 atom stereocenters. The van der Waals surface area contributed by atoms with Crippen molar-refractivity contribution in [1.82, 2.24) is 5.48 Å². The van der Waals surface area contributed by atoms with Crippen LogP contribution in [0.15, 0.2) is 24.3 Å². The second-order valence-corrected chi connectivity index (χ2v) is 4.27. The summed E-state index contributed by atoms with van der Waals surface area (Å²) in [4.78, 5) is 26.3. The second kappa shape index (κ2) is 7.32. The molecular formula is C12H16N2O5. The van der Waals surface area contributed by atoms with Crippen molar-refractivity contribution in [3.05, 3.63) is 34.4 Å². The van der Waals surface area contributed by atoms with E-state index in [2.05, 4.69) is 5.48 Å². The first-order valence-corrected chi connectivity index (χ1v) is 5.77. The number of carbonyl (C=O) groups excluding carboxylic acids is 1. The lowest BCUT2D eigenvalue weighted by molar-refractivity contribution is -0.384. The lowest BCUT2D eigenvalue weighted by Crippen LogP contribution is -2.30. The van der Waals surface area contributed by atoms with Crippen LogP contribution in [-0.4, -0.2) is 24.0 Å². The number of hydrogen-bond acceptors (Lipinski definition) is 5. The number of ether oxygens (including phenoxy) is 1. The Balaban J connectivity index is 2.37. The standard InChI is InChI=1S/C12H16N2O5/c1-9(2)7-19-13-12(15)8-18-11-5-3-4-10(6-11)14(16)17/h3-6,9H,7-8H2,1-2H3,(H,13,15). The first-order chi connectivity index (χ1) is 8.99. The lowest BCUT2D eigenvalue weighted by atomic mass is 10.2. The number of benzene rings is 1. The van der Waals surface area contributed by atoms with Gasteiger partial charge in [-0.25, -0.2) is 5.48 Å². The van der Waals surface area contributed by atoms with Crippen molar-refractivity contribution in [2.24, 2.45) is 5.92 Å². The topological polar surface area (TPSA) is 90.7 Å². The van der Waals surface area contributed by atoms with Crippen LogP contribution in [0.2, 0.25) is 0 Å². The van der Waals surface area contributed by atoms with E-state index in [-0.39, 0.29) is 18.0 Å². The fourth-order valence-electron chi connectivity index (χ4n) is 1.15. The first kappa shape index (κ1) is 14.9. The number of nitro groups is 1. The molecule has 7 nitrogen and oxygen atoms in total. The maximum Gasteiger partial charge on any atom is 0.281 e. The molecule has 1 rings (SSSR count). The Morgan fingerprint density at radius 3 is 2.84 bits per heavy atom. The third-order valence-electron chi connectivity index (χ3n) is 2.00. The third-order valence-corrected chi connectivity index (χ3v) is 2.00. The summed E-state index contributed by atoms with van der Waals surface area (Å²) in [5.74, 6) is 0.110. The number of nitro benzene ring substituents is 1. The van der Waals surface area contributed by atoms with Crippen molar-refractivity contribution in [3.8, 4) is 5.75 Å². The Kier molecular flexibility index (Phi) is 5.74. The van der Waals surface area contributed by atoms with E-state index in [0.717, 1.165) is 0 Å². The smallest absolute Gasteiger partial charge is 0.281 e. The highest BCUT2D eigenvalue weighted by atomic mass is 16.7. The van der Waals surface area contributed by atoms with Gasteiger partial charge in [0.05, 0.1) is 17.6 Å². The van der Waals surface area contributed by atoms with Gasteiger partial charge in [0.15, 0.2) is 6.61 Å². The molecule has 1 amide bonds. The fraction of sp³-hybridized carbons (Fsp3) is 0.417. The van der Waals surface area contributed by atoms with E-state index in [1.54, 1.807) is 0 Å². The van der Waals surface area contributed by atoms with Crippen LogP contribution in [0.5, 0.6) is 5.75 Å². The predicted octanol–water partition coefficient (Wildman–Crippen LogP) is 1.68. The SMILES string of the molecule is CC(C)CONC(=O)COc1cccc([N+](=O)[O-])c1. The zero-order chi connectivity index (χ0) is 14.3. The van der Waals surface area contributed by atoms with Crippen LogP contribution in [0.4, 0.5) is 5.69 Å². The maximum absolute atomic E-state index is 11.3. The molecule has 0 heterocycles. The highest BCUT2D eigenvalue weighted by Crippen LogP contribution is 2.18. The zero-order valence-corrected chi connectivity index (χ0v) is 10.8. The summed E-state index contributed by atoms with van der Waals surface area (Å²) in [6, 6.07) is 5.62. The minimum absolute atomic E-state index is 0.0889. The number of rotatable bonds is 7. The van der Waals surface area contributed by atoms with Crippen LogP contribution in [0.1, 0.15) is 13.8 Å². The van der Waals surface area contributed by atoms with Gasteiger partial charge in [0.1, 0.15) is 5.75 Å². The molecule has 0 bridgehead atoms. The van der Waals surface area contributed by atoms with E-state index in [9.17, 15) is 14.9 Å². The molecule has 1 aromatic rings. The molecule has 0 saturated heterocycles. The number of nitrogens with zero attached hydrogens (tertiary/aromatic N) is 1. The molecule has 0 fully saturated rings. The number of amides is 1. The Morgan fingerprint density at radius 2 is 2.21 bits per heavy atom. The van der Waals surface area contributed by atoms with Crippen molar-refractivity contribution < 1.29 is 19.3 Å². The van der Waals surface area contributed by atoms with Gasteiger partial charge in [0.2, 0.25) is 0 Å². The third kappa shape index (κ3) is 5.82. The minimum Gasteiger partial charge on any atom is -0.483 e. The van der Waals surface area contributed by atoms with Crippen LogP contribution in [0.3, 0.4) is 0 Å². The zero-order valence-electron chi connectivity index (χ0n) is 10.8. The van der Waals surface area contributed by atoms with E-state index in [1.807, 2.05) is 13.8 Å². The van der Waals surface area contributed by atoms with E-state index < -0.39 is 10.8 Å². The quantitative estimate of drug-likeness (QED) is 0.600. The van der Waals surface area contributed by atoms with E-state index in [4.69, 9.17) is 9.57 Å². The summed E-state index contributed by atoms with van der Waals surface area (Å²) in [5.41, 5.74) is 2.13. The molecule has 0 unspecified atom stereocenters. The van der Waals surface area contributed by atoms with Crippen LogP contribution in [0, 0.1) is 16.0 Å². The molecule has 7 heteroatoms. The van der Waals surface area contributed by atoms with Crippen molar-refractivity contribution in [2.75, 3.05) is 13.2 Å². The molecule has 0 aliphatic rings. The Morgan fingerprint density at radius 1 is 1.47 bits per heavy atom. The minimum atomic E-state index is -0.529. The number of hydroxylamine groups is 1. The van der Waals surface area contributed by atoms with Gasteiger partial charge in [-0.2, -0.15) is 0 Å². The monoisotopic (exact) mass is 268 g/mol. The fourth-order valence-corrected chi connectivity index (χ4v) is 1.15. The van der Waals surface area contributed by atoms with Crippen LogP contribution in [-0.2, 0) is 9.63 Å². The second-order valence-electron chi connectivity index (χ2n) is 4.27. The Labute approximate surface area is 110 Å². The van der Waals surface area contributed by atoms with Crippen molar-refractivity contribution in [2.45, 2.75) is 13.8 Å². The van der Waals surface area contributed by atoms with Gasteiger partial charge in [-0.15, -0.1) is 0 Å². The molecule has 1 N–H and O–H groups in total. The molecule has 1 aromatic carbocycles. The average molecular weight is 268 g/mol. The summed E-state index contributed by atoms with van der Waals surface area (Å²) < 4.78 is 5.12. The van der Waals surface area contributed by atoms with Gasteiger partial charge < -0.3 is 4.74 Å². The summed E-state index contributed by atoms with van der Waals surface area (Å²) in [7, 11) is 0. The van der Waals surface area contributed by atoms with Crippen LogP contribution >= 0.6 is 0 Å². The van der Waals surface area contributed by atoms with Gasteiger partial charge in [0, 0.05) is 6.07 Å². The highest BCUT2D eigenvalue weighted by molar-refractivity contribution is 5.76. The van der Waals surface area contributed by atoms with Gasteiger partial charge in [-0.1, -0.05) is 19.9 Å². The van der Waals surface area contributed by atoms with Crippen LogP contribution < -0.4 is 10.2 Å². The number of carbonyl (C=O) groups is 1. The number of non-ortho nitro benzene ring substituents is 1. The molecule has 0 aromatic heterocycles. The van der Waals surface area contributed by atoms with Crippen molar-refractivity contribution in [1.29, 1.82) is 0 Å². The molecule has 0 spiro atoms. The first-order valence-electron chi connectivity index (χ1n) is 5.77. The van der Waals surface area contributed by atoms with Crippen LogP contribution in [0.25, 0.3) is 0 Å². The number of hydrogen-bond donors (Lipinski definition) is 1. The molecule has 0 saturated carbocycles. The van der Waals surface area contributed by atoms with Gasteiger partial charge in [0.25, 0.3) is 11.6 Å². The average Bonchev–Trinajstić information content (AvgIpc) is 2.36. The normalized spacial score (nSPS) is 10.3. The summed E-state index contributed by atoms with van der Waals surface area (Å²) in [6.07, 6.45) is 0. The molecule has 0 radical (unpaired) electrons. The molecule has 0 aliphatic heterocycles. The van der Waals surface area contributed by atoms with Crippen molar-refractivity contribution in [3.63, 3.8) is 0 Å². The van der Waals surface area contributed by atoms with Gasteiger partial charge in [-0.05, 0) is 12.0 Å². The van der Waals surface area contributed by atoms with Crippen molar-refractivity contribution >= 4 is 11.6 Å². The van der Waals surface area contributed by atoms with Gasteiger partial charge in [-0.3, -0.25) is 19.7 Å². The van der Waals surface area contributed by atoms with E-state index in [1.165, 1.54) is 24.3 Å². The molecule has 104 valence electrons. The summed E-state index contributed by atoms with van der Waals surface area (Å²) >= 11 is 0. The summed E-state index contributed by atoms with van der Waals surface area (Å²) in [5, 5.41) is 10.5. The highest BCUT2D eigenvalue weighted by Gasteiger charge is 2.08. The maximum atomic E-state index is 11.3. The van der Waals surface area contributed by atoms with Gasteiger partial charge >= 0.3 is 0 Å². The predicted molar refractivity (Wildman–Crippen MR) is 67.5 cm³/mol. The summed E-state index contributed by atoms with van der Waals surface area (Å²) in [6.45, 7) is 4.04. The number of nitrogens with one attached hydrogen (secondary N) is 1. The molecule has 19 heavy (non-hydrogen) atoms. The Hall–Kier alpha value is -2.15. The molecule has 0 aliphatic carbocycles. The van der Waals surface area contributed by atoms with E-state index in [0.29, 0.717) is 12.5 Å². The Bertz CT molecular complexity index is 448.